The lowest BCUT2D eigenvalue weighted by molar-refractivity contribution is 0.438. The third-order valence-electron chi connectivity index (χ3n) is 3.09. The van der Waals surface area contributed by atoms with Crippen LogP contribution in [0.15, 0.2) is 17.2 Å². The second-order valence-corrected chi connectivity index (χ2v) is 4.19. The van der Waals surface area contributed by atoms with Gasteiger partial charge in [0.15, 0.2) is 0 Å². The van der Waals surface area contributed by atoms with E-state index in [0.29, 0.717) is 12.6 Å². The van der Waals surface area contributed by atoms with Gasteiger partial charge < -0.3 is 15.6 Å². The Morgan fingerprint density at radius 1 is 1.56 bits per heavy atom. The minimum absolute atomic E-state index is 0.0953. The van der Waals surface area contributed by atoms with Crippen molar-refractivity contribution >= 4 is 5.82 Å². The highest BCUT2D eigenvalue weighted by atomic mass is 16.1. The van der Waals surface area contributed by atoms with Gasteiger partial charge in [0, 0.05) is 18.7 Å². The predicted octanol–water partition coefficient (Wildman–Crippen LogP) is 0.478. The number of H-pyrrole nitrogens is 1. The first-order valence-electron chi connectivity index (χ1n) is 5.82. The lowest BCUT2D eigenvalue weighted by atomic mass is 9.99. The number of hydrogen-bond acceptors (Lipinski definition) is 4. The Bertz CT molecular complexity index is 388. The van der Waals surface area contributed by atoms with Gasteiger partial charge in [0.1, 0.15) is 5.82 Å². The fourth-order valence-electron chi connectivity index (χ4n) is 2.31. The molecule has 3 N–H and O–H groups in total. The molecular weight excluding hydrogens is 204 g/mol. The number of aromatic nitrogens is 2. The van der Waals surface area contributed by atoms with Crippen molar-refractivity contribution in [2.24, 2.45) is 5.73 Å². The lowest BCUT2D eigenvalue weighted by Crippen LogP contribution is -2.41. The molecule has 1 aliphatic rings. The van der Waals surface area contributed by atoms with Gasteiger partial charge in [-0.2, -0.15) is 0 Å². The highest BCUT2D eigenvalue weighted by molar-refractivity contribution is 5.38. The van der Waals surface area contributed by atoms with Crippen molar-refractivity contribution < 1.29 is 0 Å². The third-order valence-corrected chi connectivity index (χ3v) is 3.09. The Hall–Kier alpha value is -1.36. The maximum atomic E-state index is 11.3. The monoisotopic (exact) mass is 222 g/mol. The molecule has 0 amide bonds. The molecule has 1 aromatic rings. The van der Waals surface area contributed by atoms with Crippen molar-refractivity contribution in [1.82, 2.24) is 9.97 Å². The van der Waals surface area contributed by atoms with Gasteiger partial charge in [0.2, 0.25) is 0 Å². The van der Waals surface area contributed by atoms with Crippen LogP contribution in [-0.2, 0) is 0 Å². The standard InChI is InChI=1S/C11H18N4O/c12-5-4-9-3-1-2-6-15(9)10-7-11(16)14-8-13-10/h7-9H,1-6,12H2,(H,13,14,16). The summed E-state index contributed by atoms with van der Waals surface area (Å²) >= 11 is 0. The summed E-state index contributed by atoms with van der Waals surface area (Å²) < 4.78 is 0. The summed E-state index contributed by atoms with van der Waals surface area (Å²) in [5.74, 6) is 0.780. The van der Waals surface area contributed by atoms with E-state index in [1.807, 2.05) is 0 Å². The van der Waals surface area contributed by atoms with E-state index in [4.69, 9.17) is 5.73 Å². The second-order valence-electron chi connectivity index (χ2n) is 4.19. The van der Waals surface area contributed by atoms with Crippen LogP contribution in [-0.4, -0.2) is 29.1 Å². The van der Waals surface area contributed by atoms with Gasteiger partial charge in [-0.05, 0) is 32.2 Å². The SMILES string of the molecule is NCCC1CCCCN1c1cc(=O)[nH]cn1. The van der Waals surface area contributed by atoms with E-state index in [0.717, 1.165) is 31.6 Å². The maximum absolute atomic E-state index is 11.3. The normalized spacial score (nSPS) is 21.1. The number of nitrogens with one attached hydrogen (secondary N) is 1. The minimum atomic E-state index is -0.0953. The Kier molecular flexibility index (Phi) is 3.56. The van der Waals surface area contributed by atoms with E-state index < -0.39 is 0 Å². The molecule has 0 aromatic carbocycles. The molecule has 0 bridgehead atoms. The average Bonchev–Trinajstić information content (AvgIpc) is 2.30. The Balaban J connectivity index is 2.19. The van der Waals surface area contributed by atoms with Crippen LogP contribution in [0.4, 0.5) is 5.82 Å². The summed E-state index contributed by atoms with van der Waals surface area (Å²) in [4.78, 5) is 20.2. The molecule has 88 valence electrons. The number of nitrogens with zero attached hydrogens (tertiary/aromatic N) is 2. The maximum Gasteiger partial charge on any atom is 0.252 e. The van der Waals surface area contributed by atoms with Crippen LogP contribution in [0.2, 0.25) is 0 Å². The van der Waals surface area contributed by atoms with E-state index in [2.05, 4.69) is 14.9 Å². The highest BCUT2D eigenvalue weighted by Crippen LogP contribution is 2.23. The molecule has 0 aliphatic carbocycles. The molecule has 5 heteroatoms. The summed E-state index contributed by atoms with van der Waals surface area (Å²) in [6.07, 6.45) is 5.98. The molecule has 1 unspecified atom stereocenters. The van der Waals surface area contributed by atoms with Gasteiger partial charge >= 0.3 is 0 Å². The number of aromatic amines is 1. The van der Waals surface area contributed by atoms with Gasteiger partial charge in [0.25, 0.3) is 5.56 Å². The Morgan fingerprint density at radius 2 is 2.44 bits per heavy atom. The van der Waals surface area contributed by atoms with Crippen LogP contribution in [0.5, 0.6) is 0 Å². The molecule has 1 atom stereocenters. The molecular formula is C11H18N4O. The van der Waals surface area contributed by atoms with Crippen molar-refractivity contribution in [1.29, 1.82) is 0 Å². The van der Waals surface area contributed by atoms with E-state index in [9.17, 15) is 4.79 Å². The van der Waals surface area contributed by atoms with E-state index in [1.54, 1.807) is 6.07 Å². The third kappa shape index (κ3) is 2.41. The Labute approximate surface area is 94.7 Å². The zero-order valence-corrected chi connectivity index (χ0v) is 9.35. The molecule has 0 saturated carbocycles. The number of hydrogen-bond donors (Lipinski definition) is 2. The van der Waals surface area contributed by atoms with E-state index >= 15 is 0 Å². The molecule has 16 heavy (non-hydrogen) atoms. The summed E-state index contributed by atoms with van der Waals surface area (Å²) in [6.45, 7) is 1.66. The summed E-state index contributed by atoms with van der Waals surface area (Å²) in [6, 6.07) is 2.00. The van der Waals surface area contributed by atoms with Crippen LogP contribution in [0.1, 0.15) is 25.7 Å². The smallest absolute Gasteiger partial charge is 0.252 e. The number of piperidine rings is 1. The van der Waals surface area contributed by atoms with Gasteiger partial charge in [0.05, 0.1) is 6.33 Å². The molecule has 0 spiro atoms. The van der Waals surface area contributed by atoms with Gasteiger partial charge in [-0.1, -0.05) is 0 Å². The zero-order chi connectivity index (χ0) is 11.4. The van der Waals surface area contributed by atoms with Crippen LogP contribution >= 0.6 is 0 Å². The first-order chi connectivity index (χ1) is 7.81. The van der Waals surface area contributed by atoms with Crippen molar-refractivity contribution in [3.8, 4) is 0 Å². The van der Waals surface area contributed by atoms with Crippen LogP contribution in [0, 0.1) is 0 Å². The van der Waals surface area contributed by atoms with Crippen LogP contribution in [0.3, 0.4) is 0 Å². The van der Waals surface area contributed by atoms with Crippen molar-refractivity contribution in [3.63, 3.8) is 0 Å². The van der Waals surface area contributed by atoms with E-state index in [1.165, 1.54) is 12.7 Å². The molecule has 0 radical (unpaired) electrons. The fourth-order valence-corrected chi connectivity index (χ4v) is 2.31. The van der Waals surface area contributed by atoms with Crippen molar-refractivity contribution in [3.05, 3.63) is 22.7 Å². The Morgan fingerprint density at radius 3 is 3.19 bits per heavy atom. The van der Waals surface area contributed by atoms with Crippen LogP contribution in [0.25, 0.3) is 0 Å². The minimum Gasteiger partial charge on any atom is -0.353 e. The molecule has 2 heterocycles. The largest absolute Gasteiger partial charge is 0.353 e. The first kappa shape index (κ1) is 11.1. The summed E-state index contributed by atoms with van der Waals surface area (Å²) in [5, 5.41) is 0. The topological polar surface area (TPSA) is 75.0 Å². The quantitative estimate of drug-likeness (QED) is 0.780. The molecule has 1 fully saturated rings. The van der Waals surface area contributed by atoms with Gasteiger partial charge in [-0.3, -0.25) is 4.79 Å². The summed E-state index contributed by atoms with van der Waals surface area (Å²) in [5.41, 5.74) is 5.52. The van der Waals surface area contributed by atoms with Crippen LogP contribution < -0.4 is 16.2 Å². The average molecular weight is 222 g/mol. The number of nitrogens with two attached hydrogens (primary N) is 1. The molecule has 2 rings (SSSR count). The molecule has 1 aliphatic heterocycles. The number of rotatable bonds is 3. The first-order valence-corrected chi connectivity index (χ1v) is 5.82. The fraction of sp³-hybridized carbons (Fsp3) is 0.636. The van der Waals surface area contributed by atoms with E-state index in [-0.39, 0.29) is 5.56 Å². The second kappa shape index (κ2) is 5.12. The highest BCUT2D eigenvalue weighted by Gasteiger charge is 2.22. The summed E-state index contributed by atoms with van der Waals surface area (Å²) in [7, 11) is 0. The zero-order valence-electron chi connectivity index (χ0n) is 9.35. The van der Waals surface area contributed by atoms with Crippen molar-refractivity contribution in [2.75, 3.05) is 18.0 Å². The molecule has 1 saturated heterocycles. The van der Waals surface area contributed by atoms with Gasteiger partial charge in [-0.25, -0.2) is 4.98 Å². The molecule has 1 aromatic heterocycles. The van der Waals surface area contributed by atoms with Gasteiger partial charge in [-0.15, -0.1) is 0 Å². The van der Waals surface area contributed by atoms with Crippen molar-refractivity contribution in [2.45, 2.75) is 31.7 Å². The molecule has 5 nitrogen and oxygen atoms in total. The predicted molar refractivity (Wildman–Crippen MR) is 63.5 cm³/mol. The lowest BCUT2D eigenvalue weighted by Gasteiger charge is -2.36. The number of anilines is 1.